The quantitative estimate of drug-likeness (QED) is 0.444. The minimum atomic E-state index is -1.19. The van der Waals surface area contributed by atoms with Crippen molar-refractivity contribution in [2.75, 3.05) is 7.11 Å². The van der Waals surface area contributed by atoms with Gasteiger partial charge in [-0.25, -0.2) is 4.79 Å². The number of hydrogen-bond donors (Lipinski definition) is 0. The van der Waals surface area contributed by atoms with Crippen molar-refractivity contribution in [2.45, 2.75) is 62.5 Å². The Morgan fingerprint density at radius 3 is 2.88 bits per heavy atom. The minimum Gasteiger partial charge on any atom is -0.466 e. The Labute approximate surface area is 108 Å². The molecule has 1 saturated heterocycles. The van der Waals surface area contributed by atoms with Gasteiger partial charge >= 0.3 is 5.97 Å². The second-order valence-electron chi connectivity index (χ2n) is 5.27. The number of epoxide rings is 1. The van der Waals surface area contributed by atoms with E-state index in [1.54, 1.807) is 0 Å². The summed E-state index contributed by atoms with van der Waals surface area (Å²) >= 11 is 6.23. The lowest BCUT2D eigenvalue weighted by Crippen LogP contribution is -2.30. The lowest BCUT2D eigenvalue weighted by Gasteiger charge is -2.13. The number of ether oxygens (including phenoxy) is 2. The maximum atomic E-state index is 11.6. The molecule has 1 saturated carbocycles. The van der Waals surface area contributed by atoms with Crippen LogP contribution in [0.3, 0.4) is 0 Å². The van der Waals surface area contributed by atoms with Crippen molar-refractivity contribution in [1.82, 2.24) is 0 Å². The van der Waals surface area contributed by atoms with Gasteiger partial charge in [-0.15, -0.1) is 0 Å². The van der Waals surface area contributed by atoms with Gasteiger partial charge in [0.2, 0.25) is 0 Å². The summed E-state index contributed by atoms with van der Waals surface area (Å²) in [6.45, 7) is 2.22. The topological polar surface area (TPSA) is 38.8 Å². The molecule has 2 aliphatic rings. The molecule has 98 valence electrons. The van der Waals surface area contributed by atoms with Crippen LogP contribution in [-0.4, -0.2) is 23.7 Å². The van der Waals surface area contributed by atoms with Gasteiger partial charge < -0.3 is 9.47 Å². The van der Waals surface area contributed by atoms with Crippen molar-refractivity contribution < 1.29 is 14.3 Å². The van der Waals surface area contributed by atoms with Crippen molar-refractivity contribution in [3.8, 4) is 0 Å². The Morgan fingerprint density at radius 1 is 1.47 bits per heavy atom. The highest BCUT2D eigenvalue weighted by molar-refractivity contribution is 6.35. The van der Waals surface area contributed by atoms with Gasteiger partial charge in [-0.1, -0.05) is 44.2 Å². The predicted molar refractivity (Wildman–Crippen MR) is 65.9 cm³/mol. The summed E-state index contributed by atoms with van der Waals surface area (Å²) in [7, 11) is 1.36. The molecular formula is C13H21ClO3. The van der Waals surface area contributed by atoms with Crippen molar-refractivity contribution in [2.24, 2.45) is 5.92 Å². The van der Waals surface area contributed by atoms with Gasteiger partial charge in [0.1, 0.15) is 5.60 Å². The maximum absolute atomic E-state index is 11.6. The molecule has 0 N–H and O–H groups in total. The lowest BCUT2D eigenvalue weighted by atomic mass is 9.93. The van der Waals surface area contributed by atoms with Crippen LogP contribution in [0.2, 0.25) is 0 Å². The molecule has 0 aromatic heterocycles. The Kier molecular flexibility index (Phi) is 3.69. The largest absolute Gasteiger partial charge is 0.466 e. The minimum absolute atomic E-state index is 0.437. The van der Waals surface area contributed by atoms with E-state index < -0.39 is 16.6 Å². The summed E-state index contributed by atoms with van der Waals surface area (Å²) in [6, 6.07) is 0. The number of carbonyl (C=O) groups excluding carboxylic acids is 1. The van der Waals surface area contributed by atoms with E-state index in [0.717, 1.165) is 31.6 Å². The zero-order chi connectivity index (χ0) is 12.5. The van der Waals surface area contributed by atoms with E-state index in [1.165, 1.54) is 26.4 Å². The second-order valence-corrected chi connectivity index (χ2v) is 5.80. The van der Waals surface area contributed by atoms with E-state index >= 15 is 0 Å². The van der Waals surface area contributed by atoms with Crippen LogP contribution < -0.4 is 0 Å². The second kappa shape index (κ2) is 4.77. The van der Waals surface area contributed by atoms with E-state index in [4.69, 9.17) is 21.1 Å². The van der Waals surface area contributed by atoms with Gasteiger partial charge in [-0.2, -0.15) is 0 Å². The van der Waals surface area contributed by atoms with Gasteiger partial charge in [0.05, 0.1) is 7.11 Å². The first-order valence-corrected chi connectivity index (χ1v) is 6.93. The number of hydrogen-bond acceptors (Lipinski definition) is 3. The average Bonchev–Trinajstić information content (AvgIpc) is 2.98. The third kappa shape index (κ3) is 2.19. The van der Waals surface area contributed by atoms with Gasteiger partial charge in [0.25, 0.3) is 5.06 Å². The van der Waals surface area contributed by atoms with Crippen LogP contribution >= 0.6 is 11.6 Å². The zero-order valence-electron chi connectivity index (χ0n) is 10.6. The molecule has 3 unspecified atom stereocenters. The third-order valence-electron chi connectivity index (χ3n) is 4.17. The fraction of sp³-hybridized carbons (Fsp3) is 0.923. The average molecular weight is 261 g/mol. The number of rotatable bonds is 3. The van der Waals surface area contributed by atoms with Crippen LogP contribution in [0.15, 0.2) is 0 Å². The van der Waals surface area contributed by atoms with Crippen LogP contribution in [0.25, 0.3) is 0 Å². The van der Waals surface area contributed by atoms with Crippen LogP contribution in [0, 0.1) is 5.92 Å². The molecule has 1 aliphatic carbocycles. The summed E-state index contributed by atoms with van der Waals surface area (Å²) in [4.78, 5) is 11.6. The third-order valence-corrected chi connectivity index (χ3v) is 4.75. The molecule has 1 heterocycles. The zero-order valence-corrected chi connectivity index (χ0v) is 11.4. The Morgan fingerprint density at radius 2 is 2.24 bits per heavy atom. The van der Waals surface area contributed by atoms with E-state index in [-0.39, 0.29) is 0 Å². The molecule has 2 rings (SSSR count). The predicted octanol–water partition coefficient (Wildman–Crippen LogP) is 3.24. The molecule has 0 radical (unpaired) electrons. The molecule has 0 aromatic rings. The molecule has 3 nitrogen and oxygen atoms in total. The van der Waals surface area contributed by atoms with Crippen LogP contribution in [0.1, 0.15) is 51.9 Å². The summed E-state index contributed by atoms with van der Waals surface area (Å²) in [5.74, 6) is 0.329. The Hall–Kier alpha value is -0.280. The summed E-state index contributed by atoms with van der Waals surface area (Å²) in [5, 5.41) is -1.19. The van der Waals surface area contributed by atoms with E-state index in [0.29, 0.717) is 0 Å². The standard InChI is InChI=1S/C13H21ClO3/c1-3-5-10-6-4-8-12(9-7-10)13(14,17-12)11(15)16-2/h10H,3-9H2,1-2H3. The number of esters is 1. The van der Waals surface area contributed by atoms with Crippen LogP contribution in [0.5, 0.6) is 0 Å². The van der Waals surface area contributed by atoms with E-state index in [9.17, 15) is 4.79 Å². The highest BCUT2D eigenvalue weighted by atomic mass is 35.5. The molecule has 3 atom stereocenters. The summed E-state index contributed by atoms with van der Waals surface area (Å²) in [6.07, 6.45) is 7.69. The first-order valence-electron chi connectivity index (χ1n) is 6.55. The normalized spacial score (nSPS) is 41.0. The van der Waals surface area contributed by atoms with Crippen LogP contribution in [0.4, 0.5) is 0 Å². The van der Waals surface area contributed by atoms with E-state index in [2.05, 4.69) is 6.92 Å². The SMILES string of the molecule is CCCC1CCCC2(CC1)OC2(Cl)C(=O)OC. The van der Waals surface area contributed by atoms with Gasteiger partial charge in [0, 0.05) is 0 Å². The highest BCUT2D eigenvalue weighted by Crippen LogP contribution is 2.59. The molecule has 0 amide bonds. The lowest BCUT2D eigenvalue weighted by molar-refractivity contribution is -0.143. The molecule has 1 aliphatic heterocycles. The summed E-state index contributed by atoms with van der Waals surface area (Å²) in [5.41, 5.74) is -0.440. The Bertz CT molecular complexity index is 307. The molecular weight excluding hydrogens is 240 g/mol. The fourth-order valence-electron chi connectivity index (χ4n) is 3.11. The number of halogens is 1. The van der Waals surface area contributed by atoms with Crippen molar-refractivity contribution in [3.05, 3.63) is 0 Å². The number of alkyl halides is 1. The van der Waals surface area contributed by atoms with Crippen LogP contribution in [-0.2, 0) is 14.3 Å². The maximum Gasteiger partial charge on any atom is 0.357 e. The smallest absolute Gasteiger partial charge is 0.357 e. The highest BCUT2D eigenvalue weighted by Gasteiger charge is 2.74. The van der Waals surface area contributed by atoms with Gasteiger partial charge in [-0.05, 0) is 25.2 Å². The van der Waals surface area contributed by atoms with E-state index in [1.807, 2.05) is 0 Å². The molecule has 4 heteroatoms. The first-order chi connectivity index (χ1) is 8.08. The fourth-order valence-corrected chi connectivity index (χ4v) is 3.52. The molecule has 17 heavy (non-hydrogen) atoms. The molecule has 0 aromatic carbocycles. The monoisotopic (exact) mass is 260 g/mol. The molecule has 1 spiro atoms. The van der Waals surface area contributed by atoms with Crippen molar-refractivity contribution >= 4 is 17.6 Å². The van der Waals surface area contributed by atoms with Gasteiger partial charge in [-0.3, -0.25) is 0 Å². The first kappa shape index (κ1) is 13.2. The Balaban J connectivity index is 1.98. The van der Waals surface area contributed by atoms with Gasteiger partial charge in [0.15, 0.2) is 0 Å². The number of methoxy groups -OCH3 is 1. The van der Waals surface area contributed by atoms with Crippen molar-refractivity contribution in [1.29, 1.82) is 0 Å². The molecule has 0 bridgehead atoms. The number of carbonyl (C=O) groups is 1. The van der Waals surface area contributed by atoms with Crippen molar-refractivity contribution in [3.63, 3.8) is 0 Å². The summed E-state index contributed by atoms with van der Waals surface area (Å²) < 4.78 is 10.3. The molecule has 2 fully saturated rings.